The number of halogens is 1. The summed E-state index contributed by atoms with van der Waals surface area (Å²) in [6.07, 6.45) is 4.66. The number of hydrogen-bond acceptors (Lipinski definition) is 3. The molecule has 4 rings (SSSR count). The summed E-state index contributed by atoms with van der Waals surface area (Å²) in [5.74, 6) is 0.00573. The van der Waals surface area contributed by atoms with Gasteiger partial charge in [-0.25, -0.2) is 4.39 Å². The van der Waals surface area contributed by atoms with Crippen molar-refractivity contribution < 1.29 is 14.0 Å². The Morgan fingerprint density at radius 1 is 1.14 bits per heavy atom. The van der Waals surface area contributed by atoms with Gasteiger partial charge in [-0.15, -0.1) is 0 Å². The first-order valence-corrected chi connectivity index (χ1v) is 10.4. The molecule has 2 aromatic rings. The summed E-state index contributed by atoms with van der Waals surface area (Å²) >= 11 is 0. The van der Waals surface area contributed by atoms with Crippen LogP contribution in [0.1, 0.15) is 48.8 Å². The first kappa shape index (κ1) is 19.6. The van der Waals surface area contributed by atoms with Crippen LogP contribution in [0.2, 0.25) is 0 Å². The van der Waals surface area contributed by atoms with Crippen LogP contribution in [0.15, 0.2) is 53.7 Å². The molecule has 0 saturated heterocycles. The minimum absolute atomic E-state index is 0.0913. The normalized spacial score (nSPS) is 19.1. The van der Waals surface area contributed by atoms with Gasteiger partial charge in [0.2, 0.25) is 5.91 Å². The first-order chi connectivity index (χ1) is 14.1. The van der Waals surface area contributed by atoms with Crippen LogP contribution in [0.5, 0.6) is 0 Å². The largest absolute Gasteiger partial charge is 0.390 e. The maximum atomic E-state index is 13.3. The standard InChI is InChI=1S/C24H27FN2O2/c1-17-6-2-5-9-22(17)23-14-21(29-26-23)16-27(24(28)19-7-3-4-8-19)15-18-10-12-20(25)13-11-18/h2,5-6,9-13,19,21H,3-4,7-8,14-16H2,1H3. The van der Waals surface area contributed by atoms with E-state index in [0.717, 1.165) is 42.5 Å². The van der Waals surface area contributed by atoms with Crippen LogP contribution >= 0.6 is 0 Å². The zero-order valence-corrected chi connectivity index (χ0v) is 16.8. The minimum Gasteiger partial charge on any atom is -0.390 e. The fourth-order valence-electron chi connectivity index (χ4n) is 4.30. The summed E-state index contributed by atoms with van der Waals surface area (Å²) in [4.78, 5) is 20.8. The van der Waals surface area contributed by atoms with E-state index in [9.17, 15) is 9.18 Å². The highest BCUT2D eigenvalue weighted by Crippen LogP contribution is 2.28. The van der Waals surface area contributed by atoms with Gasteiger partial charge in [0.25, 0.3) is 0 Å². The summed E-state index contributed by atoms with van der Waals surface area (Å²) in [5.41, 5.74) is 4.13. The molecule has 2 aromatic carbocycles. The van der Waals surface area contributed by atoms with E-state index in [-0.39, 0.29) is 23.7 Å². The topological polar surface area (TPSA) is 41.9 Å². The number of nitrogens with zero attached hydrogens (tertiary/aromatic N) is 2. The molecule has 2 aliphatic rings. The number of benzene rings is 2. The highest BCUT2D eigenvalue weighted by molar-refractivity contribution is 6.02. The molecule has 1 heterocycles. The molecule has 1 saturated carbocycles. The van der Waals surface area contributed by atoms with Gasteiger partial charge in [0, 0.05) is 24.4 Å². The molecule has 0 bridgehead atoms. The monoisotopic (exact) mass is 394 g/mol. The Hall–Kier alpha value is -2.69. The van der Waals surface area contributed by atoms with Crippen molar-refractivity contribution in [3.63, 3.8) is 0 Å². The average Bonchev–Trinajstić information content (AvgIpc) is 3.41. The van der Waals surface area contributed by atoms with Crippen molar-refractivity contribution in [3.05, 3.63) is 71.0 Å². The van der Waals surface area contributed by atoms with Crippen molar-refractivity contribution in [1.29, 1.82) is 0 Å². The van der Waals surface area contributed by atoms with Gasteiger partial charge in [-0.1, -0.05) is 54.4 Å². The van der Waals surface area contributed by atoms with Crippen LogP contribution in [0.4, 0.5) is 4.39 Å². The van der Waals surface area contributed by atoms with Crippen molar-refractivity contribution in [3.8, 4) is 0 Å². The van der Waals surface area contributed by atoms with Crippen molar-refractivity contribution >= 4 is 11.6 Å². The second-order valence-electron chi connectivity index (χ2n) is 8.11. The van der Waals surface area contributed by atoms with E-state index in [1.165, 1.54) is 17.7 Å². The Labute approximate surface area is 171 Å². The van der Waals surface area contributed by atoms with Crippen molar-refractivity contribution in [2.75, 3.05) is 6.54 Å². The van der Waals surface area contributed by atoms with E-state index in [0.29, 0.717) is 19.5 Å². The molecule has 1 fully saturated rings. The maximum absolute atomic E-state index is 13.3. The van der Waals surface area contributed by atoms with Crippen LogP contribution in [-0.4, -0.2) is 29.2 Å². The predicted molar refractivity (Wildman–Crippen MR) is 111 cm³/mol. The van der Waals surface area contributed by atoms with Crippen LogP contribution in [0.3, 0.4) is 0 Å². The van der Waals surface area contributed by atoms with Crippen LogP contribution < -0.4 is 0 Å². The highest BCUT2D eigenvalue weighted by atomic mass is 19.1. The third-order valence-corrected chi connectivity index (χ3v) is 5.92. The smallest absolute Gasteiger partial charge is 0.226 e. The number of hydrogen-bond donors (Lipinski definition) is 0. The number of carbonyl (C=O) groups is 1. The number of carbonyl (C=O) groups excluding carboxylic acids is 1. The Bertz CT molecular complexity index is 888. The molecule has 0 N–H and O–H groups in total. The van der Waals surface area contributed by atoms with E-state index >= 15 is 0 Å². The van der Waals surface area contributed by atoms with Gasteiger partial charge in [0.15, 0.2) is 6.10 Å². The molecule has 152 valence electrons. The molecule has 0 aromatic heterocycles. The van der Waals surface area contributed by atoms with Gasteiger partial charge in [-0.3, -0.25) is 4.79 Å². The molecule has 1 atom stereocenters. The molecule has 1 aliphatic heterocycles. The van der Waals surface area contributed by atoms with Crippen molar-refractivity contribution in [1.82, 2.24) is 4.90 Å². The molecule has 0 radical (unpaired) electrons. The van der Waals surface area contributed by atoms with E-state index in [4.69, 9.17) is 4.84 Å². The van der Waals surface area contributed by atoms with E-state index in [1.807, 2.05) is 17.0 Å². The number of aryl methyl sites for hydroxylation is 1. The Morgan fingerprint density at radius 3 is 2.59 bits per heavy atom. The lowest BCUT2D eigenvalue weighted by atomic mass is 9.99. The van der Waals surface area contributed by atoms with E-state index < -0.39 is 0 Å². The van der Waals surface area contributed by atoms with Gasteiger partial charge in [0.1, 0.15) is 5.82 Å². The van der Waals surface area contributed by atoms with Crippen molar-refractivity contribution in [2.24, 2.45) is 11.1 Å². The molecular formula is C24H27FN2O2. The van der Waals surface area contributed by atoms with Gasteiger partial charge >= 0.3 is 0 Å². The molecule has 1 unspecified atom stereocenters. The maximum Gasteiger partial charge on any atom is 0.226 e. The third kappa shape index (κ3) is 4.66. The minimum atomic E-state index is -0.266. The first-order valence-electron chi connectivity index (χ1n) is 10.4. The second-order valence-corrected chi connectivity index (χ2v) is 8.11. The Balaban J connectivity index is 1.46. The highest BCUT2D eigenvalue weighted by Gasteiger charge is 2.31. The summed E-state index contributed by atoms with van der Waals surface area (Å²) in [6, 6.07) is 14.5. The lowest BCUT2D eigenvalue weighted by molar-refractivity contribution is -0.137. The molecule has 1 amide bonds. The number of oxime groups is 1. The van der Waals surface area contributed by atoms with Gasteiger partial charge in [0.05, 0.1) is 12.3 Å². The zero-order chi connectivity index (χ0) is 20.2. The molecule has 4 nitrogen and oxygen atoms in total. The molecular weight excluding hydrogens is 367 g/mol. The Morgan fingerprint density at radius 2 is 1.86 bits per heavy atom. The summed E-state index contributed by atoms with van der Waals surface area (Å²) < 4.78 is 13.3. The van der Waals surface area contributed by atoms with Crippen LogP contribution in [0.25, 0.3) is 0 Å². The molecule has 0 spiro atoms. The molecule has 5 heteroatoms. The van der Waals surface area contributed by atoms with Gasteiger partial charge in [-0.2, -0.15) is 0 Å². The zero-order valence-electron chi connectivity index (χ0n) is 16.8. The number of amides is 1. The fraction of sp³-hybridized carbons (Fsp3) is 0.417. The average molecular weight is 394 g/mol. The summed E-state index contributed by atoms with van der Waals surface area (Å²) in [6.45, 7) is 3.02. The summed E-state index contributed by atoms with van der Waals surface area (Å²) in [5, 5.41) is 4.31. The predicted octanol–water partition coefficient (Wildman–Crippen LogP) is 4.85. The van der Waals surface area contributed by atoms with Gasteiger partial charge < -0.3 is 9.74 Å². The van der Waals surface area contributed by atoms with Gasteiger partial charge in [-0.05, 0) is 43.0 Å². The second kappa shape index (κ2) is 8.76. The lowest BCUT2D eigenvalue weighted by Crippen LogP contribution is -2.40. The lowest BCUT2D eigenvalue weighted by Gasteiger charge is -2.27. The molecule has 1 aliphatic carbocycles. The van der Waals surface area contributed by atoms with Crippen molar-refractivity contribution in [2.45, 2.75) is 51.7 Å². The van der Waals surface area contributed by atoms with E-state index in [1.54, 1.807) is 12.1 Å². The molecule has 29 heavy (non-hydrogen) atoms. The van der Waals surface area contributed by atoms with Crippen LogP contribution in [0, 0.1) is 18.7 Å². The quantitative estimate of drug-likeness (QED) is 0.703. The third-order valence-electron chi connectivity index (χ3n) is 5.92. The SMILES string of the molecule is Cc1ccccc1C1=NOC(CN(Cc2ccc(F)cc2)C(=O)C2CCCC2)C1. The van der Waals surface area contributed by atoms with Crippen LogP contribution in [-0.2, 0) is 16.2 Å². The van der Waals surface area contributed by atoms with E-state index in [2.05, 4.69) is 24.2 Å². The fourth-order valence-corrected chi connectivity index (χ4v) is 4.30. The summed E-state index contributed by atoms with van der Waals surface area (Å²) in [7, 11) is 0. The number of rotatable bonds is 6. The Kier molecular flexibility index (Phi) is 5.93.